The molecule has 0 aliphatic carbocycles. The molecule has 1 N–H and O–H groups in total. The average molecular weight is 326 g/mol. The molecular formula is C18H18N2O2S. The van der Waals surface area contributed by atoms with Crippen molar-refractivity contribution in [1.29, 1.82) is 0 Å². The van der Waals surface area contributed by atoms with Crippen molar-refractivity contribution in [2.45, 2.75) is 16.6 Å². The Kier molecular flexibility index (Phi) is 4.39. The van der Waals surface area contributed by atoms with Crippen molar-refractivity contribution < 1.29 is 9.59 Å². The minimum Gasteiger partial charge on any atom is -0.345 e. The number of benzene rings is 2. The summed E-state index contributed by atoms with van der Waals surface area (Å²) in [7, 11) is 3.42. The molecule has 1 aliphatic rings. The van der Waals surface area contributed by atoms with Crippen LogP contribution in [0.1, 0.15) is 15.9 Å². The van der Waals surface area contributed by atoms with Crippen LogP contribution >= 0.6 is 11.8 Å². The van der Waals surface area contributed by atoms with E-state index in [0.29, 0.717) is 11.3 Å². The zero-order valence-electron chi connectivity index (χ0n) is 13.1. The van der Waals surface area contributed by atoms with Crippen LogP contribution in [0.5, 0.6) is 0 Å². The van der Waals surface area contributed by atoms with Gasteiger partial charge in [-0.2, -0.15) is 0 Å². The predicted molar refractivity (Wildman–Crippen MR) is 92.9 cm³/mol. The number of fused-ring (bicyclic) bond motifs is 1. The molecule has 2 amide bonds. The first-order valence-corrected chi connectivity index (χ1v) is 8.29. The molecule has 1 heterocycles. The summed E-state index contributed by atoms with van der Waals surface area (Å²) in [5.74, 6) is -0.107. The van der Waals surface area contributed by atoms with Crippen LogP contribution in [0.3, 0.4) is 0 Å². The van der Waals surface area contributed by atoms with Gasteiger partial charge in [0, 0.05) is 30.2 Å². The van der Waals surface area contributed by atoms with Gasteiger partial charge in [0.1, 0.15) is 0 Å². The molecule has 1 aliphatic heterocycles. The third-order valence-corrected chi connectivity index (χ3v) is 5.04. The van der Waals surface area contributed by atoms with Gasteiger partial charge < -0.3 is 10.2 Å². The SMILES string of the molecule is CN(C)C(=O)c1cccc(NC(=O)C2Cc3ccccc3S2)c1. The Hall–Kier alpha value is -2.27. The topological polar surface area (TPSA) is 49.4 Å². The lowest BCUT2D eigenvalue weighted by Crippen LogP contribution is -2.25. The van der Waals surface area contributed by atoms with E-state index >= 15 is 0 Å². The van der Waals surface area contributed by atoms with Gasteiger partial charge in [0.15, 0.2) is 0 Å². The van der Waals surface area contributed by atoms with Gasteiger partial charge >= 0.3 is 0 Å². The van der Waals surface area contributed by atoms with E-state index in [1.807, 2.05) is 18.2 Å². The van der Waals surface area contributed by atoms with E-state index in [4.69, 9.17) is 0 Å². The van der Waals surface area contributed by atoms with Crippen molar-refractivity contribution in [3.8, 4) is 0 Å². The Balaban J connectivity index is 1.70. The van der Waals surface area contributed by atoms with Gasteiger partial charge in [-0.15, -0.1) is 11.8 Å². The van der Waals surface area contributed by atoms with E-state index in [2.05, 4.69) is 11.4 Å². The molecule has 0 bridgehead atoms. The fraction of sp³-hybridized carbons (Fsp3) is 0.222. The number of nitrogens with one attached hydrogen (secondary N) is 1. The van der Waals surface area contributed by atoms with E-state index in [9.17, 15) is 9.59 Å². The maximum absolute atomic E-state index is 12.5. The molecule has 5 heteroatoms. The van der Waals surface area contributed by atoms with Crippen molar-refractivity contribution in [3.63, 3.8) is 0 Å². The first-order valence-electron chi connectivity index (χ1n) is 7.42. The van der Waals surface area contributed by atoms with Crippen LogP contribution in [0.25, 0.3) is 0 Å². The number of amides is 2. The van der Waals surface area contributed by atoms with Crippen LogP contribution in [-0.4, -0.2) is 36.1 Å². The first kappa shape index (κ1) is 15.6. The number of hydrogen-bond acceptors (Lipinski definition) is 3. The molecule has 0 aromatic heterocycles. The van der Waals surface area contributed by atoms with Gasteiger partial charge in [0.05, 0.1) is 5.25 Å². The fourth-order valence-electron chi connectivity index (χ4n) is 2.54. The molecule has 0 saturated carbocycles. The summed E-state index contributed by atoms with van der Waals surface area (Å²) in [5.41, 5.74) is 2.43. The van der Waals surface area contributed by atoms with Gasteiger partial charge in [-0.3, -0.25) is 9.59 Å². The smallest absolute Gasteiger partial charge is 0.253 e. The molecule has 2 aromatic carbocycles. The summed E-state index contributed by atoms with van der Waals surface area (Å²) in [6.45, 7) is 0. The van der Waals surface area contributed by atoms with E-state index in [-0.39, 0.29) is 17.1 Å². The Morgan fingerprint density at radius 2 is 1.91 bits per heavy atom. The van der Waals surface area contributed by atoms with Crippen molar-refractivity contribution in [3.05, 3.63) is 59.7 Å². The van der Waals surface area contributed by atoms with Gasteiger partial charge in [0.25, 0.3) is 5.91 Å². The van der Waals surface area contributed by atoms with Gasteiger partial charge in [-0.05, 0) is 36.2 Å². The number of hydrogen-bond donors (Lipinski definition) is 1. The minimum absolute atomic E-state index is 0.0272. The molecule has 2 aromatic rings. The van der Waals surface area contributed by atoms with Crippen LogP contribution in [-0.2, 0) is 11.2 Å². The number of nitrogens with zero attached hydrogens (tertiary/aromatic N) is 1. The summed E-state index contributed by atoms with van der Waals surface area (Å²) in [6, 6.07) is 15.1. The Labute approximate surface area is 139 Å². The van der Waals surface area contributed by atoms with Gasteiger partial charge in [-0.25, -0.2) is 0 Å². The number of thioether (sulfide) groups is 1. The summed E-state index contributed by atoms with van der Waals surface area (Å²) >= 11 is 1.59. The van der Waals surface area contributed by atoms with Crippen molar-refractivity contribution >= 4 is 29.3 Å². The molecule has 0 radical (unpaired) electrons. The molecule has 1 unspecified atom stereocenters. The Bertz CT molecular complexity index is 733. The minimum atomic E-state index is -0.124. The summed E-state index contributed by atoms with van der Waals surface area (Å²) in [6.07, 6.45) is 0.739. The normalized spacial score (nSPS) is 15.8. The number of carbonyl (C=O) groups is 2. The largest absolute Gasteiger partial charge is 0.345 e. The molecule has 1 atom stereocenters. The standard InChI is InChI=1S/C18H18N2O2S/c1-20(2)18(22)13-7-5-8-14(10-13)19-17(21)16-11-12-6-3-4-9-15(12)23-16/h3-10,16H,11H2,1-2H3,(H,19,21). The number of carbonyl (C=O) groups excluding carboxylic acids is 2. The average Bonchev–Trinajstić information content (AvgIpc) is 2.98. The van der Waals surface area contributed by atoms with E-state index in [1.54, 1.807) is 50.1 Å². The summed E-state index contributed by atoms with van der Waals surface area (Å²) < 4.78 is 0. The van der Waals surface area contributed by atoms with Gasteiger partial charge in [0.2, 0.25) is 5.91 Å². The second-order valence-corrected chi connectivity index (χ2v) is 6.93. The highest BCUT2D eigenvalue weighted by Crippen LogP contribution is 2.37. The lowest BCUT2D eigenvalue weighted by atomic mass is 10.1. The van der Waals surface area contributed by atoms with Crippen molar-refractivity contribution in [1.82, 2.24) is 4.90 Å². The van der Waals surface area contributed by atoms with Crippen LogP contribution < -0.4 is 5.32 Å². The van der Waals surface area contributed by atoms with Crippen molar-refractivity contribution in [2.75, 3.05) is 19.4 Å². The summed E-state index contributed by atoms with van der Waals surface area (Å²) in [4.78, 5) is 27.2. The zero-order valence-corrected chi connectivity index (χ0v) is 13.9. The highest BCUT2D eigenvalue weighted by Gasteiger charge is 2.28. The monoisotopic (exact) mass is 326 g/mol. The van der Waals surface area contributed by atoms with Gasteiger partial charge in [-0.1, -0.05) is 24.3 Å². The van der Waals surface area contributed by atoms with Crippen LogP contribution in [0.2, 0.25) is 0 Å². The Morgan fingerprint density at radius 3 is 2.65 bits per heavy atom. The number of anilines is 1. The highest BCUT2D eigenvalue weighted by molar-refractivity contribution is 8.01. The predicted octanol–water partition coefficient (Wildman–Crippen LogP) is 3.04. The maximum Gasteiger partial charge on any atom is 0.253 e. The maximum atomic E-state index is 12.5. The van der Waals surface area contributed by atoms with Crippen LogP contribution in [0.4, 0.5) is 5.69 Å². The molecule has 0 saturated heterocycles. The van der Waals surface area contributed by atoms with Crippen molar-refractivity contribution in [2.24, 2.45) is 0 Å². The Morgan fingerprint density at radius 1 is 1.13 bits per heavy atom. The number of rotatable bonds is 3. The molecular weight excluding hydrogens is 308 g/mol. The molecule has 4 nitrogen and oxygen atoms in total. The molecule has 0 spiro atoms. The second kappa shape index (κ2) is 6.46. The molecule has 3 rings (SSSR count). The fourth-order valence-corrected chi connectivity index (χ4v) is 3.73. The third kappa shape index (κ3) is 3.40. The molecule has 118 valence electrons. The first-order chi connectivity index (χ1) is 11.0. The highest BCUT2D eigenvalue weighted by atomic mass is 32.2. The van der Waals surface area contributed by atoms with Crippen LogP contribution in [0.15, 0.2) is 53.4 Å². The lowest BCUT2D eigenvalue weighted by Gasteiger charge is -2.13. The van der Waals surface area contributed by atoms with Crippen LogP contribution in [0, 0.1) is 0 Å². The quantitative estimate of drug-likeness (QED) is 0.943. The molecule has 0 fully saturated rings. The van der Waals surface area contributed by atoms with E-state index < -0.39 is 0 Å². The van der Waals surface area contributed by atoms with E-state index in [1.165, 1.54) is 15.4 Å². The third-order valence-electron chi connectivity index (χ3n) is 3.72. The summed E-state index contributed by atoms with van der Waals surface area (Å²) in [5, 5.41) is 2.80. The molecule has 23 heavy (non-hydrogen) atoms. The lowest BCUT2D eigenvalue weighted by molar-refractivity contribution is -0.115. The second-order valence-electron chi connectivity index (χ2n) is 5.69. The van der Waals surface area contributed by atoms with E-state index in [0.717, 1.165) is 6.42 Å². The zero-order chi connectivity index (χ0) is 16.4.